The lowest BCUT2D eigenvalue weighted by molar-refractivity contribution is -0.204. The van der Waals surface area contributed by atoms with Gasteiger partial charge in [0, 0.05) is 18.8 Å². The number of allylic oxidation sites excluding steroid dienone is 1. The van der Waals surface area contributed by atoms with E-state index in [0.29, 0.717) is 13.0 Å². The molecule has 3 rings (SSSR count). The molecule has 0 saturated carbocycles. The van der Waals surface area contributed by atoms with E-state index in [0.717, 1.165) is 12.0 Å². The lowest BCUT2D eigenvalue weighted by Crippen LogP contribution is -2.38. The van der Waals surface area contributed by atoms with E-state index < -0.39 is 11.8 Å². The van der Waals surface area contributed by atoms with Crippen LogP contribution in [0.5, 0.6) is 0 Å². The summed E-state index contributed by atoms with van der Waals surface area (Å²) in [6, 6.07) is 10.1. The van der Waals surface area contributed by atoms with E-state index in [2.05, 4.69) is 26.0 Å². The molecule has 1 saturated heterocycles. The van der Waals surface area contributed by atoms with Gasteiger partial charge in [0.25, 0.3) is 0 Å². The predicted molar refractivity (Wildman–Crippen MR) is 82.1 cm³/mol. The van der Waals surface area contributed by atoms with Gasteiger partial charge in [-0.2, -0.15) is 0 Å². The largest absolute Gasteiger partial charge is 0.463 e. The molecule has 4 nitrogen and oxygen atoms in total. The van der Waals surface area contributed by atoms with Gasteiger partial charge in [0.2, 0.25) is 11.5 Å². The number of hydrogen-bond donors (Lipinski definition) is 0. The van der Waals surface area contributed by atoms with E-state index in [1.165, 1.54) is 7.11 Å². The highest BCUT2D eigenvalue weighted by molar-refractivity contribution is 5.86. The number of methoxy groups -OCH3 is 1. The summed E-state index contributed by atoms with van der Waals surface area (Å²) in [5.74, 6) is -0.853. The number of ether oxygens (including phenoxy) is 3. The van der Waals surface area contributed by atoms with Gasteiger partial charge in [-0.3, -0.25) is 0 Å². The number of hydrogen-bond acceptors (Lipinski definition) is 4. The molecule has 0 N–H and O–H groups in total. The molecule has 2 unspecified atom stereocenters. The minimum absolute atomic E-state index is 0.0415. The van der Waals surface area contributed by atoms with Crippen LogP contribution in [0.3, 0.4) is 0 Å². The number of carbonyl (C=O) groups is 1. The van der Waals surface area contributed by atoms with Crippen LogP contribution in [0.4, 0.5) is 0 Å². The lowest BCUT2D eigenvalue weighted by Gasteiger charge is -2.37. The molecule has 2 atom stereocenters. The van der Waals surface area contributed by atoms with Crippen molar-refractivity contribution in [1.29, 1.82) is 0 Å². The van der Waals surface area contributed by atoms with Gasteiger partial charge >= 0.3 is 5.97 Å². The molecule has 2 aliphatic heterocycles. The number of esters is 1. The summed E-state index contributed by atoms with van der Waals surface area (Å²) in [7, 11) is 1.37. The summed E-state index contributed by atoms with van der Waals surface area (Å²) in [4.78, 5) is 12.0. The van der Waals surface area contributed by atoms with Crippen molar-refractivity contribution in [3.05, 3.63) is 47.7 Å². The van der Waals surface area contributed by atoms with Crippen molar-refractivity contribution in [2.75, 3.05) is 13.7 Å². The maximum Gasteiger partial charge on any atom is 0.373 e. The molecule has 0 bridgehead atoms. The van der Waals surface area contributed by atoms with Crippen LogP contribution in [-0.4, -0.2) is 25.5 Å². The highest BCUT2D eigenvalue weighted by Gasteiger charge is 2.50. The fraction of sp³-hybridized carbons (Fsp3) is 0.500. The van der Waals surface area contributed by atoms with Crippen molar-refractivity contribution in [1.82, 2.24) is 0 Å². The summed E-state index contributed by atoms with van der Waals surface area (Å²) in [6.07, 6.45) is 3.32. The molecule has 2 aliphatic rings. The zero-order valence-corrected chi connectivity index (χ0v) is 13.3. The molecule has 118 valence electrons. The molecule has 0 radical (unpaired) electrons. The van der Waals surface area contributed by atoms with Gasteiger partial charge in [-0.25, -0.2) is 4.79 Å². The Hall–Kier alpha value is -1.81. The summed E-state index contributed by atoms with van der Waals surface area (Å²) in [6.45, 7) is 4.93. The molecule has 1 aromatic carbocycles. The molecule has 22 heavy (non-hydrogen) atoms. The SMILES string of the molecule is COC(=O)C1=CC(c2ccccc2)CC2(CC(C)(C)CO2)O1. The first-order valence-corrected chi connectivity index (χ1v) is 7.61. The molecule has 1 aromatic rings. The average molecular weight is 302 g/mol. The number of benzene rings is 1. The number of carbonyl (C=O) groups excluding carboxylic acids is 1. The summed E-state index contributed by atoms with van der Waals surface area (Å²) >= 11 is 0. The van der Waals surface area contributed by atoms with Gasteiger partial charge in [-0.1, -0.05) is 44.2 Å². The van der Waals surface area contributed by atoms with Crippen LogP contribution in [0.15, 0.2) is 42.2 Å². The van der Waals surface area contributed by atoms with Crippen molar-refractivity contribution >= 4 is 5.97 Å². The van der Waals surface area contributed by atoms with Crippen LogP contribution in [0.2, 0.25) is 0 Å². The van der Waals surface area contributed by atoms with Crippen molar-refractivity contribution in [3.63, 3.8) is 0 Å². The van der Waals surface area contributed by atoms with Crippen LogP contribution in [0.1, 0.15) is 38.2 Å². The third-order valence-electron chi connectivity index (χ3n) is 4.27. The minimum Gasteiger partial charge on any atom is -0.463 e. The van der Waals surface area contributed by atoms with Gasteiger partial charge in [-0.05, 0) is 17.1 Å². The monoisotopic (exact) mass is 302 g/mol. The highest BCUT2D eigenvalue weighted by Crippen LogP contribution is 2.48. The zero-order valence-electron chi connectivity index (χ0n) is 13.3. The van der Waals surface area contributed by atoms with Crippen molar-refractivity contribution in [2.45, 2.75) is 38.4 Å². The van der Waals surface area contributed by atoms with E-state index in [1.54, 1.807) is 0 Å². The van der Waals surface area contributed by atoms with Crippen LogP contribution in [0, 0.1) is 5.41 Å². The van der Waals surface area contributed by atoms with E-state index in [1.807, 2.05) is 24.3 Å². The normalized spacial score (nSPS) is 29.8. The fourth-order valence-corrected chi connectivity index (χ4v) is 3.33. The minimum atomic E-state index is -0.734. The van der Waals surface area contributed by atoms with E-state index >= 15 is 0 Å². The molecule has 4 heteroatoms. The van der Waals surface area contributed by atoms with Crippen LogP contribution < -0.4 is 0 Å². The first kappa shape index (κ1) is 15.1. The highest BCUT2D eigenvalue weighted by atomic mass is 16.7. The third-order valence-corrected chi connectivity index (χ3v) is 4.27. The van der Waals surface area contributed by atoms with Crippen LogP contribution >= 0.6 is 0 Å². The van der Waals surface area contributed by atoms with Crippen molar-refractivity contribution in [3.8, 4) is 0 Å². The Morgan fingerprint density at radius 1 is 1.27 bits per heavy atom. The average Bonchev–Trinajstić information content (AvgIpc) is 2.81. The Bertz CT molecular complexity index is 590. The Labute approximate surface area is 131 Å². The second kappa shape index (κ2) is 5.43. The number of rotatable bonds is 2. The van der Waals surface area contributed by atoms with Crippen LogP contribution in [-0.2, 0) is 19.0 Å². The second-order valence-corrected chi connectivity index (χ2v) is 6.89. The summed E-state index contributed by atoms with van der Waals surface area (Å²) < 4.78 is 16.8. The molecule has 0 aromatic heterocycles. The fourth-order valence-electron chi connectivity index (χ4n) is 3.33. The topological polar surface area (TPSA) is 44.8 Å². The predicted octanol–water partition coefficient (Wildman–Crippen LogP) is 3.39. The van der Waals surface area contributed by atoms with Gasteiger partial charge in [0.15, 0.2) is 0 Å². The van der Waals surface area contributed by atoms with Crippen molar-refractivity contribution < 1.29 is 19.0 Å². The molecule has 1 spiro atoms. The summed E-state index contributed by atoms with van der Waals surface area (Å²) in [5, 5.41) is 0. The van der Waals surface area contributed by atoms with E-state index in [4.69, 9.17) is 14.2 Å². The first-order valence-electron chi connectivity index (χ1n) is 7.61. The molecule has 1 fully saturated rings. The maximum atomic E-state index is 12.0. The Balaban J connectivity index is 1.95. The van der Waals surface area contributed by atoms with Gasteiger partial charge in [0.05, 0.1) is 13.7 Å². The second-order valence-electron chi connectivity index (χ2n) is 6.89. The molecular weight excluding hydrogens is 280 g/mol. The molecular formula is C18H22O4. The lowest BCUT2D eigenvalue weighted by atomic mass is 9.82. The Kier molecular flexibility index (Phi) is 3.73. The smallest absolute Gasteiger partial charge is 0.373 e. The van der Waals surface area contributed by atoms with Crippen molar-refractivity contribution in [2.24, 2.45) is 5.41 Å². The van der Waals surface area contributed by atoms with E-state index in [9.17, 15) is 4.79 Å². The Morgan fingerprint density at radius 3 is 2.59 bits per heavy atom. The maximum absolute atomic E-state index is 12.0. The zero-order chi connectivity index (χ0) is 15.8. The first-order chi connectivity index (χ1) is 10.4. The molecule has 0 amide bonds. The summed E-state index contributed by atoms with van der Waals surface area (Å²) in [5.41, 5.74) is 1.19. The van der Waals surface area contributed by atoms with E-state index in [-0.39, 0.29) is 17.1 Å². The standard InChI is InChI=1S/C18H22O4/c1-17(2)11-18(21-12-17)10-14(13-7-5-4-6-8-13)9-15(22-18)16(19)20-3/h4-9,14H,10-12H2,1-3H3. The van der Waals surface area contributed by atoms with Gasteiger partial charge < -0.3 is 14.2 Å². The Morgan fingerprint density at radius 2 is 2.00 bits per heavy atom. The van der Waals surface area contributed by atoms with Gasteiger partial charge in [-0.15, -0.1) is 0 Å². The molecule has 0 aliphatic carbocycles. The molecule has 2 heterocycles. The van der Waals surface area contributed by atoms with Crippen LogP contribution in [0.25, 0.3) is 0 Å². The third kappa shape index (κ3) is 2.88. The van der Waals surface area contributed by atoms with Gasteiger partial charge in [0.1, 0.15) is 0 Å². The quantitative estimate of drug-likeness (QED) is 0.786.